The Labute approximate surface area is 74.0 Å². The third-order valence-electron chi connectivity index (χ3n) is 3.03. The first kappa shape index (κ1) is 8.07. The average molecular weight is 164 g/mol. The molecule has 0 aromatic rings. The molecule has 2 rings (SSSR count). The Hall–Kier alpha value is -0.550. The van der Waals surface area contributed by atoms with E-state index in [1.807, 2.05) is 0 Å². The Morgan fingerprint density at radius 1 is 1.50 bits per heavy atom. The van der Waals surface area contributed by atoms with E-state index >= 15 is 0 Å². The molecule has 0 radical (unpaired) electrons. The van der Waals surface area contributed by atoms with Crippen molar-refractivity contribution in [3.63, 3.8) is 0 Å². The van der Waals surface area contributed by atoms with Gasteiger partial charge >= 0.3 is 0 Å². The molecule has 0 bridgehead atoms. The maximum atomic E-state index is 8.98. The highest BCUT2D eigenvalue weighted by Gasteiger charge is 2.42. The second-order valence-electron chi connectivity index (χ2n) is 4.53. The fourth-order valence-corrected chi connectivity index (χ4v) is 2.07. The monoisotopic (exact) mass is 164 g/mol. The molecule has 66 valence electrons. The minimum Gasteiger partial charge on any atom is -0.299 e. The van der Waals surface area contributed by atoms with E-state index < -0.39 is 0 Å². The largest absolute Gasteiger partial charge is 0.299 e. The van der Waals surface area contributed by atoms with Gasteiger partial charge in [0.2, 0.25) is 0 Å². The first-order valence-electron chi connectivity index (χ1n) is 4.90. The second kappa shape index (κ2) is 2.74. The summed E-state index contributed by atoms with van der Waals surface area (Å²) in [6, 6.07) is 2.42. The molecule has 1 N–H and O–H groups in total. The lowest BCUT2D eigenvalue weighted by molar-refractivity contribution is 0.171. The number of nitriles is 1. The molecule has 0 aromatic heterocycles. The van der Waals surface area contributed by atoms with Crippen LogP contribution < -0.4 is 5.32 Å². The summed E-state index contributed by atoms with van der Waals surface area (Å²) < 4.78 is 0. The lowest BCUT2D eigenvalue weighted by Crippen LogP contribution is -2.54. The molecule has 2 fully saturated rings. The summed E-state index contributed by atoms with van der Waals surface area (Å²) >= 11 is 0. The summed E-state index contributed by atoms with van der Waals surface area (Å²) in [7, 11) is 0. The molecule has 0 unspecified atom stereocenters. The maximum Gasteiger partial charge on any atom is 0.107 e. The van der Waals surface area contributed by atoms with Crippen LogP contribution in [0.2, 0.25) is 0 Å². The SMILES string of the molecule is CC1CC(C#N)(NCC2CC2)C1. The predicted molar refractivity (Wildman–Crippen MR) is 47.5 cm³/mol. The molecule has 2 aliphatic rings. The fourth-order valence-electron chi connectivity index (χ4n) is 2.07. The van der Waals surface area contributed by atoms with E-state index in [4.69, 9.17) is 5.26 Å². The number of hydrogen-bond donors (Lipinski definition) is 1. The van der Waals surface area contributed by atoms with Gasteiger partial charge in [0.1, 0.15) is 5.54 Å². The summed E-state index contributed by atoms with van der Waals surface area (Å²) in [4.78, 5) is 0. The number of rotatable bonds is 3. The van der Waals surface area contributed by atoms with Crippen LogP contribution in [0.15, 0.2) is 0 Å². The highest BCUT2D eigenvalue weighted by molar-refractivity contribution is 5.15. The summed E-state index contributed by atoms with van der Waals surface area (Å²) in [5.74, 6) is 1.63. The second-order valence-corrected chi connectivity index (χ2v) is 4.53. The molecule has 0 aromatic carbocycles. The first-order chi connectivity index (χ1) is 5.74. The van der Waals surface area contributed by atoms with Gasteiger partial charge in [0.15, 0.2) is 0 Å². The van der Waals surface area contributed by atoms with E-state index in [0.29, 0.717) is 0 Å². The van der Waals surface area contributed by atoms with Crippen molar-refractivity contribution in [3.05, 3.63) is 0 Å². The van der Waals surface area contributed by atoms with Crippen molar-refractivity contribution in [2.45, 2.75) is 38.1 Å². The maximum absolute atomic E-state index is 8.98. The molecule has 0 heterocycles. The van der Waals surface area contributed by atoms with Gasteiger partial charge in [0, 0.05) is 0 Å². The van der Waals surface area contributed by atoms with Crippen molar-refractivity contribution >= 4 is 0 Å². The van der Waals surface area contributed by atoms with Gasteiger partial charge in [-0.3, -0.25) is 5.32 Å². The van der Waals surface area contributed by atoms with E-state index in [9.17, 15) is 0 Å². The van der Waals surface area contributed by atoms with Crippen LogP contribution in [0, 0.1) is 23.2 Å². The van der Waals surface area contributed by atoms with Crippen LogP contribution in [0.5, 0.6) is 0 Å². The summed E-state index contributed by atoms with van der Waals surface area (Å²) in [5, 5.41) is 12.4. The molecule has 0 atom stereocenters. The zero-order valence-electron chi connectivity index (χ0n) is 7.64. The van der Waals surface area contributed by atoms with Crippen LogP contribution in [0.4, 0.5) is 0 Å². The van der Waals surface area contributed by atoms with E-state index in [1.54, 1.807) is 0 Å². The van der Waals surface area contributed by atoms with E-state index in [0.717, 1.165) is 31.2 Å². The molecule has 0 spiro atoms. The van der Waals surface area contributed by atoms with E-state index in [-0.39, 0.29) is 5.54 Å². The van der Waals surface area contributed by atoms with Crippen LogP contribution in [-0.2, 0) is 0 Å². The number of hydrogen-bond acceptors (Lipinski definition) is 2. The molecule has 2 aliphatic carbocycles. The smallest absolute Gasteiger partial charge is 0.107 e. The number of nitrogens with one attached hydrogen (secondary N) is 1. The van der Waals surface area contributed by atoms with Crippen molar-refractivity contribution < 1.29 is 0 Å². The molecular weight excluding hydrogens is 148 g/mol. The molecule has 2 nitrogen and oxygen atoms in total. The van der Waals surface area contributed by atoms with E-state index in [2.05, 4.69) is 18.3 Å². The van der Waals surface area contributed by atoms with Gasteiger partial charge in [-0.1, -0.05) is 6.92 Å². The lowest BCUT2D eigenvalue weighted by Gasteiger charge is -2.41. The molecule has 0 saturated heterocycles. The first-order valence-corrected chi connectivity index (χ1v) is 4.90. The predicted octanol–water partition coefficient (Wildman–Crippen LogP) is 1.68. The summed E-state index contributed by atoms with van der Waals surface area (Å²) in [5.41, 5.74) is -0.137. The van der Waals surface area contributed by atoms with Crippen LogP contribution in [0.25, 0.3) is 0 Å². The number of nitrogens with zero attached hydrogens (tertiary/aromatic N) is 1. The van der Waals surface area contributed by atoms with Gasteiger partial charge in [-0.25, -0.2) is 0 Å². The van der Waals surface area contributed by atoms with Gasteiger partial charge in [0.05, 0.1) is 6.07 Å². The highest BCUT2D eigenvalue weighted by atomic mass is 15.0. The van der Waals surface area contributed by atoms with Gasteiger partial charge in [-0.2, -0.15) is 5.26 Å². The van der Waals surface area contributed by atoms with E-state index in [1.165, 1.54) is 12.8 Å². The zero-order chi connectivity index (χ0) is 8.60. The topological polar surface area (TPSA) is 35.8 Å². The van der Waals surface area contributed by atoms with Gasteiger partial charge in [-0.05, 0) is 44.1 Å². The van der Waals surface area contributed by atoms with Crippen LogP contribution in [-0.4, -0.2) is 12.1 Å². The highest BCUT2D eigenvalue weighted by Crippen LogP contribution is 2.38. The molecule has 0 amide bonds. The van der Waals surface area contributed by atoms with Crippen LogP contribution in [0.3, 0.4) is 0 Å². The third-order valence-corrected chi connectivity index (χ3v) is 3.03. The van der Waals surface area contributed by atoms with Crippen LogP contribution >= 0.6 is 0 Å². The van der Waals surface area contributed by atoms with Crippen molar-refractivity contribution in [3.8, 4) is 6.07 Å². The Balaban J connectivity index is 1.79. The zero-order valence-corrected chi connectivity index (χ0v) is 7.64. The van der Waals surface area contributed by atoms with Crippen molar-refractivity contribution in [2.24, 2.45) is 11.8 Å². The Morgan fingerprint density at radius 2 is 2.17 bits per heavy atom. The van der Waals surface area contributed by atoms with Crippen LogP contribution in [0.1, 0.15) is 32.6 Å². The quantitative estimate of drug-likeness (QED) is 0.689. The molecule has 2 saturated carbocycles. The Kier molecular flexibility index (Phi) is 1.84. The Morgan fingerprint density at radius 3 is 2.58 bits per heavy atom. The molecule has 12 heavy (non-hydrogen) atoms. The minimum atomic E-state index is -0.137. The molecule has 2 heteroatoms. The average Bonchev–Trinajstić information content (AvgIpc) is 2.78. The van der Waals surface area contributed by atoms with Crippen molar-refractivity contribution in [1.29, 1.82) is 5.26 Å². The minimum absolute atomic E-state index is 0.137. The van der Waals surface area contributed by atoms with Gasteiger partial charge in [-0.15, -0.1) is 0 Å². The molecule has 0 aliphatic heterocycles. The fraction of sp³-hybridized carbons (Fsp3) is 0.900. The summed E-state index contributed by atoms with van der Waals surface area (Å²) in [6.07, 6.45) is 4.83. The van der Waals surface area contributed by atoms with Crippen molar-refractivity contribution in [2.75, 3.05) is 6.54 Å². The third kappa shape index (κ3) is 1.47. The lowest BCUT2D eigenvalue weighted by atomic mass is 9.70. The normalized spacial score (nSPS) is 40.2. The summed E-state index contributed by atoms with van der Waals surface area (Å²) in [6.45, 7) is 3.29. The standard InChI is InChI=1S/C10H16N2/c1-8-4-10(5-8,7-11)12-6-9-2-3-9/h8-9,12H,2-6H2,1H3. The Bertz CT molecular complexity index is 206. The van der Waals surface area contributed by atoms with Gasteiger partial charge < -0.3 is 0 Å². The van der Waals surface area contributed by atoms with Gasteiger partial charge in [0.25, 0.3) is 0 Å². The van der Waals surface area contributed by atoms with Crippen molar-refractivity contribution in [1.82, 2.24) is 5.32 Å². The molecular formula is C10H16N2.